The van der Waals surface area contributed by atoms with Crippen molar-refractivity contribution in [3.63, 3.8) is 0 Å². The molecular weight excluding hydrogens is 653 g/mol. The highest BCUT2D eigenvalue weighted by Gasteiger charge is 2.37. The van der Waals surface area contributed by atoms with Gasteiger partial charge in [-0.05, 0) is 130 Å². The Hall–Kier alpha value is -5.86. The smallest absolute Gasteiger partial charge is 0.0629 e. The molecule has 0 saturated carbocycles. The van der Waals surface area contributed by atoms with Crippen LogP contribution in [0, 0.1) is 5.92 Å². The average Bonchev–Trinajstić information content (AvgIpc) is 3.57. The van der Waals surface area contributed by atoms with Crippen LogP contribution in [0.15, 0.2) is 182 Å². The van der Waals surface area contributed by atoms with Crippen molar-refractivity contribution in [3.05, 3.63) is 199 Å². The third-order valence-electron chi connectivity index (χ3n) is 11.8. The van der Waals surface area contributed by atoms with Gasteiger partial charge in [-0.2, -0.15) is 0 Å². The van der Waals surface area contributed by atoms with E-state index in [4.69, 9.17) is 0 Å². The fraction of sp³-hybridized carbons (Fsp3) is 0.192. The van der Waals surface area contributed by atoms with Crippen molar-refractivity contribution in [2.75, 3.05) is 9.80 Å². The molecule has 0 spiro atoms. The largest absolute Gasteiger partial charge is 0.333 e. The summed E-state index contributed by atoms with van der Waals surface area (Å²) in [6, 6.07) is 54.2. The number of hydrogen-bond donors (Lipinski definition) is 0. The van der Waals surface area contributed by atoms with E-state index in [0.29, 0.717) is 11.8 Å². The standard InChI is InChI=1S/C52H48N2/c1-37-14-12-13-33-52(2,3)49-36-46(31-25-42(49)34-37)53(44-27-21-39(22-28-44)38-15-6-4-7-16-38)45-29-23-40(24-30-45)41-26-32-51-48(35-41)47-19-10-11-20-50(47)54(51)43-17-8-5-9-18-43/h4-13,15-32,35-37,47,50H,14,33-34H2,1-3H3/b13-12-. The van der Waals surface area contributed by atoms with Gasteiger partial charge in [-0.3, -0.25) is 0 Å². The van der Waals surface area contributed by atoms with Crippen molar-refractivity contribution in [3.8, 4) is 22.3 Å². The maximum absolute atomic E-state index is 2.50. The number of rotatable bonds is 6. The molecular formula is C52H48N2. The van der Waals surface area contributed by atoms with Gasteiger partial charge in [0.25, 0.3) is 0 Å². The van der Waals surface area contributed by atoms with Gasteiger partial charge in [0.2, 0.25) is 0 Å². The van der Waals surface area contributed by atoms with Gasteiger partial charge in [-0.15, -0.1) is 0 Å². The highest BCUT2D eigenvalue weighted by molar-refractivity contribution is 5.82. The molecule has 0 radical (unpaired) electrons. The summed E-state index contributed by atoms with van der Waals surface area (Å²) in [6.45, 7) is 7.19. The molecule has 9 rings (SSSR count). The number of para-hydroxylation sites is 1. The van der Waals surface area contributed by atoms with E-state index in [0.717, 1.165) is 30.6 Å². The highest BCUT2D eigenvalue weighted by atomic mass is 15.2. The van der Waals surface area contributed by atoms with Gasteiger partial charge in [-0.1, -0.05) is 142 Å². The molecule has 3 unspecified atom stereocenters. The molecule has 266 valence electrons. The lowest BCUT2D eigenvalue weighted by atomic mass is 9.77. The Morgan fingerprint density at radius 2 is 1.20 bits per heavy atom. The minimum Gasteiger partial charge on any atom is -0.333 e. The second-order valence-corrected chi connectivity index (χ2v) is 16.0. The minimum atomic E-state index is 0.0323. The van der Waals surface area contributed by atoms with Crippen LogP contribution in [0.2, 0.25) is 0 Å². The Bertz CT molecular complexity index is 2350. The van der Waals surface area contributed by atoms with Gasteiger partial charge in [0.15, 0.2) is 0 Å². The summed E-state index contributed by atoms with van der Waals surface area (Å²) in [5.74, 6) is 0.939. The summed E-state index contributed by atoms with van der Waals surface area (Å²) in [4.78, 5) is 4.93. The van der Waals surface area contributed by atoms with E-state index in [1.807, 2.05) is 0 Å². The van der Waals surface area contributed by atoms with Gasteiger partial charge in [0, 0.05) is 34.4 Å². The van der Waals surface area contributed by atoms with Gasteiger partial charge < -0.3 is 9.80 Å². The van der Waals surface area contributed by atoms with E-state index in [9.17, 15) is 0 Å². The molecule has 0 aromatic heterocycles. The zero-order chi connectivity index (χ0) is 36.6. The number of fused-ring (bicyclic) bond motifs is 4. The van der Waals surface area contributed by atoms with Gasteiger partial charge in [0.05, 0.1) is 6.04 Å². The topological polar surface area (TPSA) is 6.48 Å². The molecule has 0 N–H and O–H groups in total. The van der Waals surface area contributed by atoms with E-state index in [2.05, 4.69) is 213 Å². The fourth-order valence-electron chi connectivity index (χ4n) is 8.88. The van der Waals surface area contributed by atoms with Crippen LogP contribution in [0.3, 0.4) is 0 Å². The Morgan fingerprint density at radius 3 is 1.93 bits per heavy atom. The molecule has 2 aliphatic carbocycles. The monoisotopic (exact) mass is 700 g/mol. The predicted octanol–water partition coefficient (Wildman–Crippen LogP) is 14.0. The molecule has 0 bridgehead atoms. The molecule has 3 atom stereocenters. The van der Waals surface area contributed by atoms with E-state index in [1.54, 1.807) is 0 Å². The quantitative estimate of drug-likeness (QED) is 0.160. The first-order chi connectivity index (χ1) is 26.4. The number of hydrogen-bond acceptors (Lipinski definition) is 2. The van der Waals surface area contributed by atoms with Crippen molar-refractivity contribution in [1.29, 1.82) is 0 Å². The lowest BCUT2D eigenvalue weighted by Gasteiger charge is -2.31. The molecule has 0 fully saturated rings. The first kappa shape index (κ1) is 33.9. The zero-order valence-electron chi connectivity index (χ0n) is 31.6. The third-order valence-corrected chi connectivity index (χ3v) is 11.8. The maximum atomic E-state index is 2.50. The van der Waals surface area contributed by atoms with E-state index in [-0.39, 0.29) is 11.5 Å². The van der Waals surface area contributed by atoms with Crippen LogP contribution in [-0.4, -0.2) is 6.04 Å². The van der Waals surface area contributed by atoms with Gasteiger partial charge in [-0.25, -0.2) is 0 Å². The van der Waals surface area contributed by atoms with Crippen LogP contribution in [-0.2, 0) is 11.8 Å². The van der Waals surface area contributed by atoms with Crippen LogP contribution >= 0.6 is 0 Å². The van der Waals surface area contributed by atoms with Crippen LogP contribution in [0.25, 0.3) is 22.3 Å². The number of anilines is 5. The number of allylic oxidation sites excluding steroid dienone is 4. The zero-order valence-corrected chi connectivity index (χ0v) is 31.6. The van der Waals surface area contributed by atoms with Crippen molar-refractivity contribution in [1.82, 2.24) is 0 Å². The van der Waals surface area contributed by atoms with Crippen LogP contribution in [0.4, 0.5) is 28.4 Å². The summed E-state index contributed by atoms with van der Waals surface area (Å²) in [6.07, 6.45) is 17.2. The van der Waals surface area contributed by atoms with Gasteiger partial charge >= 0.3 is 0 Å². The fourth-order valence-corrected chi connectivity index (χ4v) is 8.88. The van der Waals surface area contributed by atoms with Crippen molar-refractivity contribution in [2.24, 2.45) is 5.92 Å². The Morgan fingerprint density at radius 1 is 0.593 bits per heavy atom. The molecule has 1 aliphatic heterocycles. The van der Waals surface area contributed by atoms with E-state index in [1.165, 1.54) is 56.0 Å². The Labute approximate surface area is 321 Å². The highest BCUT2D eigenvalue weighted by Crippen LogP contribution is 2.49. The summed E-state index contributed by atoms with van der Waals surface area (Å²) in [5, 5.41) is 0. The summed E-state index contributed by atoms with van der Waals surface area (Å²) in [7, 11) is 0. The van der Waals surface area contributed by atoms with Crippen molar-refractivity contribution < 1.29 is 0 Å². The Balaban J connectivity index is 1.10. The molecule has 1 heterocycles. The Kier molecular flexibility index (Phi) is 8.91. The lowest BCUT2D eigenvalue weighted by molar-refractivity contribution is 0.524. The molecule has 2 heteroatoms. The van der Waals surface area contributed by atoms with Crippen molar-refractivity contribution >= 4 is 28.4 Å². The third kappa shape index (κ3) is 6.41. The maximum Gasteiger partial charge on any atom is 0.0629 e. The molecule has 0 amide bonds. The average molecular weight is 701 g/mol. The molecule has 6 aromatic carbocycles. The van der Waals surface area contributed by atoms with E-state index >= 15 is 0 Å². The number of nitrogens with zero attached hydrogens (tertiary/aromatic N) is 2. The summed E-state index contributed by atoms with van der Waals surface area (Å²) < 4.78 is 0. The molecule has 2 nitrogen and oxygen atoms in total. The first-order valence-corrected chi connectivity index (χ1v) is 19.6. The SMILES string of the molecule is CC1C/C=C\CC(C)(C)c2cc(N(c3ccc(-c4ccccc4)cc3)c3ccc(-c4ccc5c(c4)C4C=CC=CC4N5c4ccccc4)cc3)ccc2C1. The lowest BCUT2D eigenvalue weighted by Crippen LogP contribution is -2.28. The summed E-state index contributed by atoms with van der Waals surface area (Å²) >= 11 is 0. The predicted molar refractivity (Wildman–Crippen MR) is 230 cm³/mol. The summed E-state index contributed by atoms with van der Waals surface area (Å²) in [5.41, 5.74) is 15.3. The van der Waals surface area contributed by atoms with Crippen LogP contribution < -0.4 is 9.80 Å². The normalized spacial score (nSPS) is 20.2. The van der Waals surface area contributed by atoms with Gasteiger partial charge in [0.1, 0.15) is 0 Å². The first-order valence-electron chi connectivity index (χ1n) is 19.6. The minimum absolute atomic E-state index is 0.0323. The van der Waals surface area contributed by atoms with Crippen LogP contribution in [0.1, 0.15) is 56.2 Å². The van der Waals surface area contributed by atoms with Crippen LogP contribution in [0.5, 0.6) is 0 Å². The van der Waals surface area contributed by atoms with E-state index < -0.39 is 0 Å². The molecule has 54 heavy (non-hydrogen) atoms. The number of benzene rings is 6. The molecule has 3 aliphatic rings. The molecule has 0 saturated heterocycles. The molecule has 6 aromatic rings. The second kappa shape index (κ2) is 14.2. The second-order valence-electron chi connectivity index (χ2n) is 16.0. The van der Waals surface area contributed by atoms with Crippen molar-refractivity contribution in [2.45, 2.75) is 57.4 Å².